The molecule has 2 N–H and O–H groups in total. The van der Waals surface area contributed by atoms with Gasteiger partial charge in [-0.1, -0.05) is 49.4 Å². The molecule has 3 aromatic rings. The molecular weight excluding hydrogens is 651 g/mol. The second kappa shape index (κ2) is 13.3. The summed E-state index contributed by atoms with van der Waals surface area (Å²) in [7, 11) is 0. The molecule has 5 amide bonds. The summed E-state index contributed by atoms with van der Waals surface area (Å²) in [4.78, 5) is 55.8. The molecule has 218 valence electrons. The zero-order valence-electron chi connectivity index (χ0n) is 23.0. The second-order valence-electron chi connectivity index (χ2n) is 10.1. The summed E-state index contributed by atoms with van der Waals surface area (Å²) < 4.78 is 11.9. The maximum Gasteiger partial charge on any atom is 0.325 e. The predicted octanol–water partition coefficient (Wildman–Crippen LogP) is 3.93. The monoisotopic (exact) mass is 682 g/mol. The first kappa shape index (κ1) is 29.5. The van der Waals surface area contributed by atoms with Crippen LogP contribution in [0, 0.1) is 3.57 Å². The van der Waals surface area contributed by atoms with E-state index in [1.165, 1.54) is 0 Å². The molecule has 0 saturated carbocycles. The molecule has 42 heavy (non-hydrogen) atoms. The normalized spacial score (nSPS) is 18.3. The summed E-state index contributed by atoms with van der Waals surface area (Å²) in [6.07, 6.45) is 0. The first-order valence-electron chi connectivity index (χ1n) is 13.6. The van der Waals surface area contributed by atoms with Gasteiger partial charge in [0.1, 0.15) is 17.8 Å². The molecule has 11 heteroatoms. The standard InChI is InChI=1S/C31H31IN4O6/c1-20(21-5-3-2-4-6-21)28(29(38)33-24-11-9-23(32)10-12-24)36-30(39)27(34-31(36)40)22-7-13-25(14-8-22)42-19-26(37)35-15-17-41-18-16-35/h2-14,20,27-28H,15-19H2,1H3,(H,33,38)(H,34,40)/t20-,27+,28-/m0/s1. The molecule has 2 heterocycles. The van der Waals surface area contributed by atoms with Crippen LogP contribution < -0.4 is 15.4 Å². The molecule has 3 aromatic carbocycles. The van der Waals surface area contributed by atoms with Gasteiger partial charge in [0.05, 0.1) is 13.2 Å². The Kier molecular flexibility index (Phi) is 9.38. The van der Waals surface area contributed by atoms with E-state index in [9.17, 15) is 19.2 Å². The van der Waals surface area contributed by atoms with Gasteiger partial charge in [-0.05, 0) is 70.1 Å². The summed E-state index contributed by atoms with van der Waals surface area (Å²) in [5.74, 6) is -1.14. The third-order valence-electron chi connectivity index (χ3n) is 7.37. The highest BCUT2D eigenvalue weighted by molar-refractivity contribution is 14.1. The number of nitrogens with one attached hydrogen (secondary N) is 2. The molecule has 0 aromatic heterocycles. The van der Waals surface area contributed by atoms with Crippen molar-refractivity contribution in [1.82, 2.24) is 15.1 Å². The van der Waals surface area contributed by atoms with Crippen LogP contribution in [0.15, 0.2) is 78.9 Å². The van der Waals surface area contributed by atoms with Crippen LogP contribution in [-0.4, -0.2) is 72.5 Å². The second-order valence-corrected chi connectivity index (χ2v) is 11.3. The van der Waals surface area contributed by atoms with Gasteiger partial charge in [0, 0.05) is 28.3 Å². The average Bonchev–Trinajstić information content (AvgIpc) is 3.31. The van der Waals surface area contributed by atoms with E-state index in [0.29, 0.717) is 43.3 Å². The summed E-state index contributed by atoms with van der Waals surface area (Å²) in [5.41, 5.74) is 1.92. The molecule has 2 aliphatic rings. The number of ether oxygens (including phenoxy) is 2. The highest BCUT2D eigenvalue weighted by Crippen LogP contribution is 2.31. The molecule has 0 unspecified atom stereocenters. The maximum absolute atomic E-state index is 13.7. The van der Waals surface area contributed by atoms with Gasteiger partial charge in [-0.3, -0.25) is 14.4 Å². The number of halogens is 1. The van der Waals surface area contributed by atoms with Crippen LogP contribution in [0.3, 0.4) is 0 Å². The largest absolute Gasteiger partial charge is 0.484 e. The molecule has 10 nitrogen and oxygen atoms in total. The van der Waals surface area contributed by atoms with Crippen molar-refractivity contribution in [2.24, 2.45) is 0 Å². The minimum Gasteiger partial charge on any atom is -0.484 e. The van der Waals surface area contributed by atoms with Crippen LogP contribution in [0.5, 0.6) is 5.75 Å². The van der Waals surface area contributed by atoms with E-state index in [1.807, 2.05) is 49.4 Å². The first-order chi connectivity index (χ1) is 20.3. The van der Waals surface area contributed by atoms with Crippen molar-refractivity contribution in [2.75, 3.05) is 38.2 Å². The molecule has 5 rings (SSSR count). The Morgan fingerprint density at radius 3 is 2.33 bits per heavy atom. The van der Waals surface area contributed by atoms with E-state index in [0.717, 1.165) is 14.0 Å². The Bertz CT molecular complexity index is 1430. The number of imide groups is 1. The van der Waals surface area contributed by atoms with Crippen molar-refractivity contribution >= 4 is 52.0 Å². The van der Waals surface area contributed by atoms with Gasteiger partial charge in [0.2, 0.25) is 5.91 Å². The van der Waals surface area contributed by atoms with Gasteiger partial charge in [0.25, 0.3) is 11.8 Å². The summed E-state index contributed by atoms with van der Waals surface area (Å²) in [6.45, 7) is 3.81. The number of anilines is 1. The zero-order chi connectivity index (χ0) is 29.6. The van der Waals surface area contributed by atoms with Crippen LogP contribution in [0.2, 0.25) is 0 Å². The number of morpholine rings is 1. The average molecular weight is 683 g/mol. The Balaban J connectivity index is 1.32. The predicted molar refractivity (Wildman–Crippen MR) is 164 cm³/mol. The lowest BCUT2D eigenvalue weighted by Crippen LogP contribution is -2.50. The van der Waals surface area contributed by atoms with Crippen molar-refractivity contribution < 1.29 is 28.7 Å². The van der Waals surface area contributed by atoms with Crippen molar-refractivity contribution in [3.8, 4) is 5.75 Å². The van der Waals surface area contributed by atoms with E-state index in [2.05, 4.69) is 33.2 Å². The summed E-state index contributed by atoms with van der Waals surface area (Å²) in [5, 5.41) is 5.61. The Morgan fingerprint density at radius 2 is 1.67 bits per heavy atom. The van der Waals surface area contributed by atoms with Gasteiger partial charge in [-0.2, -0.15) is 0 Å². The maximum atomic E-state index is 13.7. The fraction of sp³-hybridized carbons (Fsp3) is 0.290. The van der Waals surface area contributed by atoms with Gasteiger partial charge < -0.3 is 25.0 Å². The van der Waals surface area contributed by atoms with Gasteiger partial charge in [0.15, 0.2) is 6.61 Å². The first-order valence-corrected chi connectivity index (χ1v) is 14.7. The third-order valence-corrected chi connectivity index (χ3v) is 8.09. The van der Waals surface area contributed by atoms with Crippen molar-refractivity contribution in [2.45, 2.75) is 24.9 Å². The number of nitrogens with zero attached hydrogens (tertiary/aromatic N) is 2. The summed E-state index contributed by atoms with van der Waals surface area (Å²) >= 11 is 2.18. The van der Waals surface area contributed by atoms with Gasteiger partial charge >= 0.3 is 6.03 Å². The lowest BCUT2D eigenvalue weighted by atomic mass is 9.91. The Morgan fingerprint density at radius 1 is 1.00 bits per heavy atom. The zero-order valence-corrected chi connectivity index (χ0v) is 25.2. The number of hydrogen-bond donors (Lipinski definition) is 2. The van der Waals surface area contributed by atoms with E-state index < -0.39 is 35.8 Å². The van der Waals surface area contributed by atoms with Gasteiger partial charge in [-0.25, -0.2) is 9.69 Å². The van der Waals surface area contributed by atoms with Gasteiger partial charge in [-0.15, -0.1) is 0 Å². The fourth-order valence-electron chi connectivity index (χ4n) is 5.05. The van der Waals surface area contributed by atoms with E-state index in [-0.39, 0.29) is 12.5 Å². The Hall–Kier alpha value is -3.97. The number of carbonyl (C=O) groups is 4. The SMILES string of the molecule is C[C@@H](c1ccccc1)[C@@H](C(=O)Nc1ccc(I)cc1)N1C(=O)N[C@H](c2ccc(OCC(=O)N3CCOCC3)cc2)C1=O. The molecule has 2 saturated heterocycles. The topological polar surface area (TPSA) is 117 Å². The molecule has 2 aliphatic heterocycles. The van der Waals surface area contributed by atoms with Crippen LogP contribution in [0.4, 0.5) is 10.5 Å². The lowest BCUT2D eigenvalue weighted by Gasteiger charge is -2.30. The minimum absolute atomic E-state index is 0.110. The quantitative estimate of drug-likeness (QED) is 0.261. The smallest absolute Gasteiger partial charge is 0.325 e. The van der Waals surface area contributed by atoms with E-state index in [1.54, 1.807) is 41.3 Å². The van der Waals surface area contributed by atoms with E-state index >= 15 is 0 Å². The molecule has 0 bridgehead atoms. The van der Waals surface area contributed by atoms with Crippen molar-refractivity contribution in [3.63, 3.8) is 0 Å². The lowest BCUT2D eigenvalue weighted by molar-refractivity contribution is -0.137. The van der Waals surface area contributed by atoms with Crippen LogP contribution >= 0.6 is 22.6 Å². The summed E-state index contributed by atoms with van der Waals surface area (Å²) in [6, 6.07) is 20.5. The highest BCUT2D eigenvalue weighted by Gasteiger charge is 2.47. The fourth-order valence-corrected chi connectivity index (χ4v) is 5.40. The molecule has 3 atom stereocenters. The Labute approximate surface area is 257 Å². The van der Waals surface area contributed by atoms with Crippen LogP contribution in [0.1, 0.15) is 30.0 Å². The van der Waals surface area contributed by atoms with Crippen LogP contribution in [0.25, 0.3) is 0 Å². The van der Waals surface area contributed by atoms with Crippen molar-refractivity contribution in [3.05, 3.63) is 93.6 Å². The third kappa shape index (κ3) is 6.73. The number of hydrogen-bond acceptors (Lipinski definition) is 6. The molecule has 0 aliphatic carbocycles. The number of carbonyl (C=O) groups excluding carboxylic acids is 4. The minimum atomic E-state index is -1.10. The number of urea groups is 1. The number of rotatable bonds is 9. The van der Waals surface area contributed by atoms with E-state index in [4.69, 9.17) is 9.47 Å². The van der Waals surface area contributed by atoms with Crippen molar-refractivity contribution in [1.29, 1.82) is 0 Å². The number of amides is 5. The molecule has 2 fully saturated rings. The molecule has 0 spiro atoms. The molecular formula is C31H31IN4O6. The number of benzene rings is 3. The molecule has 0 radical (unpaired) electrons. The van der Waals surface area contributed by atoms with Crippen LogP contribution in [-0.2, 0) is 19.1 Å². The highest BCUT2D eigenvalue weighted by atomic mass is 127.